The SMILES string of the molecule is COc1cc(N)cc2sc(NC(=O)C3COC(C)C3)nc12. The van der Waals surface area contributed by atoms with Crippen LogP contribution in [0.15, 0.2) is 12.1 Å². The largest absolute Gasteiger partial charge is 0.494 e. The van der Waals surface area contributed by atoms with Gasteiger partial charge in [0.15, 0.2) is 5.13 Å². The van der Waals surface area contributed by atoms with Gasteiger partial charge in [-0.05, 0) is 19.4 Å². The summed E-state index contributed by atoms with van der Waals surface area (Å²) >= 11 is 1.39. The van der Waals surface area contributed by atoms with Gasteiger partial charge in [-0.2, -0.15) is 0 Å². The molecule has 0 radical (unpaired) electrons. The highest BCUT2D eigenvalue weighted by Gasteiger charge is 2.28. The van der Waals surface area contributed by atoms with E-state index >= 15 is 0 Å². The van der Waals surface area contributed by atoms with Crippen LogP contribution in [0.2, 0.25) is 0 Å². The summed E-state index contributed by atoms with van der Waals surface area (Å²) < 4.78 is 11.6. The Morgan fingerprint density at radius 1 is 1.57 bits per heavy atom. The number of nitrogen functional groups attached to an aromatic ring is 1. The minimum atomic E-state index is -0.112. The molecular formula is C14H17N3O3S. The normalized spacial score (nSPS) is 21.6. The Bertz CT molecular complexity index is 685. The maximum absolute atomic E-state index is 12.2. The van der Waals surface area contributed by atoms with Crippen LogP contribution in [0.5, 0.6) is 5.75 Å². The Balaban J connectivity index is 1.83. The standard InChI is InChI=1S/C14H17N3O3S/c1-7-3-8(6-20-7)13(18)17-14-16-12-10(19-2)4-9(15)5-11(12)21-14/h4-5,7-8H,3,6,15H2,1-2H3,(H,16,17,18). The first-order valence-corrected chi connectivity index (χ1v) is 7.55. The number of rotatable bonds is 3. The van der Waals surface area contributed by atoms with E-state index in [1.54, 1.807) is 13.2 Å². The van der Waals surface area contributed by atoms with Crippen LogP contribution in [-0.2, 0) is 9.53 Å². The predicted molar refractivity (Wildman–Crippen MR) is 82.7 cm³/mol. The van der Waals surface area contributed by atoms with Crippen molar-refractivity contribution in [1.82, 2.24) is 4.98 Å². The second-order valence-electron chi connectivity index (χ2n) is 5.15. The van der Waals surface area contributed by atoms with Crippen LogP contribution in [-0.4, -0.2) is 30.7 Å². The average molecular weight is 307 g/mol. The number of thiazole rings is 1. The first kappa shape index (κ1) is 14.1. The third-order valence-corrected chi connectivity index (χ3v) is 4.42. The predicted octanol–water partition coefficient (Wildman–Crippen LogP) is 2.25. The van der Waals surface area contributed by atoms with Gasteiger partial charge >= 0.3 is 0 Å². The van der Waals surface area contributed by atoms with E-state index < -0.39 is 0 Å². The molecule has 0 saturated carbocycles. The summed E-state index contributed by atoms with van der Waals surface area (Å²) in [5, 5.41) is 3.41. The molecule has 6 nitrogen and oxygen atoms in total. The Morgan fingerprint density at radius 3 is 3.05 bits per heavy atom. The van der Waals surface area contributed by atoms with Gasteiger partial charge in [0.1, 0.15) is 11.3 Å². The number of fused-ring (bicyclic) bond motifs is 1. The lowest BCUT2D eigenvalue weighted by atomic mass is 10.1. The van der Waals surface area contributed by atoms with E-state index in [1.165, 1.54) is 11.3 Å². The fraction of sp³-hybridized carbons (Fsp3) is 0.429. The van der Waals surface area contributed by atoms with Crippen molar-refractivity contribution in [3.8, 4) is 5.75 Å². The summed E-state index contributed by atoms with van der Waals surface area (Å²) in [5.74, 6) is 0.448. The van der Waals surface area contributed by atoms with E-state index in [-0.39, 0.29) is 17.9 Å². The first-order chi connectivity index (χ1) is 10.1. The van der Waals surface area contributed by atoms with E-state index in [0.29, 0.717) is 28.7 Å². The molecule has 21 heavy (non-hydrogen) atoms. The molecular weight excluding hydrogens is 290 g/mol. The highest BCUT2D eigenvalue weighted by atomic mass is 32.1. The molecule has 1 aromatic heterocycles. The van der Waals surface area contributed by atoms with Crippen molar-refractivity contribution in [2.75, 3.05) is 24.8 Å². The minimum Gasteiger partial charge on any atom is -0.494 e. The van der Waals surface area contributed by atoms with Gasteiger partial charge in [-0.15, -0.1) is 0 Å². The second-order valence-corrected chi connectivity index (χ2v) is 6.19. The van der Waals surface area contributed by atoms with Crippen LogP contribution in [0.1, 0.15) is 13.3 Å². The number of amides is 1. The molecule has 2 heterocycles. The van der Waals surface area contributed by atoms with Gasteiger partial charge in [-0.1, -0.05) is 11.3 Å². The number of hydrogen-bond acceptors (Lipinski definition) is 6. The number of benzene rings is 1. The highest BCUT2D eigenvalue weighted by molar-refractivity contribution is 7.22. The number of nitrogens with two attached hydrogens (primary N) is 1. The number of carbonyl (C=O) groups is 1. The number of hydrogen-bond donors (Lipinski definition) is 2. The van der Waals surface area contributed by atoms with Crippen LogP contribution >= 0.6 is 11.3 Å². The van der Waals surface area contributed by atoms with Crippen molar-refractivity contribution in [2.24, 2.45) is 5.92 Å². The molecule has 0 spiro atoms. The lowest BCUT2D eigenvalue weighted by molar-refractivity contribution is -0.119. The maximum Gasteiger partial charge on any atom is 0.231 e. The first-order valence-electron chi connectivity index (χ1n) is 6.73. The molecule has 7 heteroatoms. The molecule has 3 N–H and O–H groups in total. The topological polar surface area (TPSA) is 86.5 Å². The molecule has 112 valence electrons. The van der Waals surface area contributed by atoms with Crippen molar-refractivity contribution in [3.05, 3.63) is 12.1 Å². The summed E-state index contributed by atoms with van der Waals surface area (Å²) in [5.41, 5.74) is 7.14. The zero-order valence-corrected chi connectivity index (χ0v) is 12.7. The molecule has 1 saturated heterocycles. The monoisotopic (exact) mass is 307 g/mol. The second kappa shape index (κ2) is 5.50. The molecule has 2 aromatic rings. The Morgan fingerprint density at radius 2 is 2.38 bits per heavy atom. The van der Waals surface area contributed by atoms with Gasteiger partial charge < -0.3 is 20.5 Å². The Labute approximate surface area is 126 Å². The van der Waals surface area contributed by atoms with Crippen LogP contribution in [0, 0.1) is 5.92 Å². The number of methoxy groups -OCH3 is 1. The number of aromatic nitrogens is 1. The third kappa shape index (κ3) is 2.79. The van der Waals surface area contributed by atoms with Crippen molar-refractivity contribution in [2.45, 2.75) is 19.4 Å². The zero-order valence-electron chi connectivity index (χ0n) is 11.9. The fourth-order valence-corrected chi connectivity index (χ4v) is 3.37. The quantitative estimate of drug-likeness (QED) is 0.849. The lowest BCUT2D eigenvalue weighted by Gasteiger charge is -2.06. The molecule has 1 fully saturated rings. The summed E-state index contributed by atoms with van der Waals surface area (Å²) in [6, 6.07) is 3.55. The van der Waals surface area contributed by atoms with Gasteiger partial charge in [0.2, 0.25) is 5.91 Å². The van der Waals surface area contributed by atoms with E-state index in [4.69, 9.17) is 15.2 Å². The zero-order chi connectivity index (χ0) is 15.0. The van der Waals surface area contributed by atoms with Crippen molar-refractivity contribution >= 4 is 38.3 Å². The highest BCUT2D eigenvalue weighted by Crippen LogP contribution is 2.35. The van der Waals surface area contributed by atoms with Gasteiger partial charge in [0.05, 0.1) is 30.4 Å². The molecule has 2 unspecified atom stereocenters. The van der Waals surface area contributed by atoms with Crippen molar-refractivity contribution in [1.29, 1.82) is 0 Å². The smallest absolute Gasteiger partial charge is 0.231 e. The van der Waals surface area contributed by atoms with Crippen LogP contribution < -0.4 is 15.8 Å². The molecule has 1 aliphatic heterocycles. The van der Waals surface area contributed by atoms with Gasteiger partial charge in [-0.25, -0.2) is 4.98 Å². The average Bonchev–Trinajstić information content (AvgIpc) is 3.03. The summed E-state index contributed by atoms with van der Waals surface area (Å²) in [4.78, 5) is 16.6. The summed E-state index contributed by atoms with van der Waals surface area (Å²) in [6.07, 6.45) is 0.878. The fourth-order valence-electron chi connectivity index (χ4n) is 2.44. The van der Waals surface area contributed by atoms with Crippen LogP contribution in [0.25, 0.3) is 10.2 Å². The van der Waals surface area contributed by atoms with Gasteiger partial charge in [-0.3, -0.25) is 4.79 Å². The molecule has 0 aliphatic carbocycles. The Hall–Kier alpha value is -1.86. The van der Waals surface area contributed by atoms with E-state index in [1.807, 2.05) is 13.0 Å². The molecule has 1 aliphatic rings. The summed E-state index contributed by atoms with van der Waals surface area (Å²) in [6.45, 7) is 2.44. The number of nitrogens with one attached hydrogen (secondary N) is 1. The van der Waals surface area contributed by atoms with E-state index in [2.05, 4.69) is 10.3 Å². The maximum atomic E-state index is 12.2. The van der Waals surface area contributed by atoms with Crippen molar-refractivity contribution in [3.63, 3.8) is 0 Å². The summed E-state index contributed by atoms with van der Waals surface area (Å²) in [7, 11) is 1.57. The number of carbonyl (C=O) groups excluding carboxylic acids is 1. The van der Waals surface area contributed by atoms with E-state index in [0.717, 1.165) is 11.1 Å². The molecule has 1 aromatic carbocycles. The Kier molecular flexibility index (Phi) is 3.69. The number of ether oxygens (including phenoxy) is 2. The molecule has 1 amide bonds. The minimum absolute atomic E-state index is 0.0506. The van der Waals surface area contributed by atoms with Crippen LogP contribution in [0.3, 0.4) is 0 Å². The van der Waals surface area contributed by atoms with Crippen molar-refractivity contribution < 1.29 is 14.3 Å². The molecule has 0 bridgehead atoms. The van der Waals surface area contributed by atoms with Gasteiger partial charge in [0.25, 0.3) is 0 Å². The molecule has 2 atom stereocenters. The lowest BCUT2D eigenvalue weighted by Crippen LogP contribution is -2.22. The van der Waals surface area contributed by atoms with Gasteiger partial charge in [0, 0.05) is 11.8 Å². The third-order valence-electron chi connectivity index (χ3n) is 3.50. The van der Waals surface area contributed by atoms with Crippen LogP contribution in [0.4, 0.5) is 10.8 Å². The molecule has 3 rings (SSSR count). The van der Waals surface area contributed by atoms with E-state index in [9.17, 15) is 4.79 Å². The number of anilines is 2. The number of nitrogens with zero attached hydrogens (tertiary/aromatic N) is 1.